The molecular formula is C25H18N2O2S. The third kappa shape index (κ3) is 2.95. The summed E-state index contributed by atoms with van der Waals surface area (Å²) in [6.07, 6.45) is 0. The van der Waals surface area contributed by atoms with Gasteiger partial charge in [0.1, 0.15) is 16.0 Å². The van der Waals surface area contributed by atoms with Crippen molar-refractivity contribution in [2.45, 2.75) is 13.0 Å². The number of hydrogen-bond acceptors (Lipinski definition) is 4. The molecule has 0 aliphatic carbocycles. The summed E-state index contributed by atoms with van der Waals surface area (Å²) in [5, 5.41) is 0.710. The average Bonchev–Trinajstić information content (AvgIpc) is 2.79. The minimum atomic E-state index is -0.304. The lowest BCUT2D eigenvalue weighted by atomic mass is 10.1. The van der Waals surface area contributed by atoms with E-state index in [0.717, 1.165) is 15.8 Å². The number of rotatable bonds is 3. The first-order valence-electron chi connectivity index (χ1n) is 9.73. The molecule has 0 N–H and O–H groups in total. The van der Waals surface area contributed by atoms with E-state index in [1.54, 1.807) is 10.6 Å². The van der Waals surface area contributed by atoms with Gasteiger partial charge in [0.15, 0.2) is 0 Å². The first-order chi connectivity index (χ1) is 14.6. The maximum atomic E-state index is 13.7. The summed E-state index contributed by atoms with van der Waals surface area (Å²) < 4.78 is 2.48. The van der Waals surface area contributed by atoms with Crippen molar-refractivity contribution < 1.29 is 0 Å². The third-order valence-corrected chi connectivity index (χ3v) is 6.41. The highest BCUT2D eigenvalue weighted by atomic mass is 32.1. The van der Waals surface area contributed by atoms with Crippen molar-refractivity contribution in [1.29, 1.82) is 0 Å². The number of hydrogen-bond donors (Lipinski definition) is 0. The molecule has 4 nitrogen and oxygen atoms in total. The second-order valence-electron chi connectivity index (χ2n) is 7.17. The van der Waals surface area contributed by atoms with Crippen molar-refractivity contribution in [2.24, 2.45) is 0 Å². The molecule has 0 aliphatic rings. The van der Waals surface area contributed by atoms with E-state index < -0.39 is 0 Å². The van der Waals surface area contributed by atoms with E-state index in [9.17, 15) is 9.59 Å². The molecule has 0 bridgehead atoms. The van der Waals surface area contributed by atoms with Crippen LogP contribution in [-0.4, -0.2) is 9.55 Å². The molecule has 0 aliphatic heterocycles. The normalized spacial score (nSPS) is 12.3. The Morgan fingerprint density at radius 1 is 0.833 bits per heavy atom. The second kappa shape index (κ2) is 7.35. The van der Waals surface area contributed by atoms with Gasteiger partial charge in [-0.15, -0.1) is 11.3 Å². The van der Waals surface area contributed by atoms with Gasteiger partial charge in [0.2, 0.25) is 5.43 Å². The van der Waals surface area contributed by atoms with Gasteiger partial charge >= 0.3 is 0 Å². The van der Waals surface area contributed by atoms with Gasteiger partial charge in [0.05, 0.1) is 6.04 Å². The van der Waals surface area contributed by atoms with Crippen LogP contribution in [0.2, 0.25) is 0 Å². The molecule has 0 amide bonds. The first-order valence-corrected chi connectivity index (χ1v) is 10.6. The fourth-order valence-corrected chi connectivity index (χ4v) is 4.83. The highest BCUT2D eigenvalue weighted by molar-refractivity contribution is 7.24. The molecule has 5 heteroatoms. The Balaban J connectivity index is 1.92. The summed E-state index contributed by atoms with van der Waals surface area (Å²) in [6, 6.07) is 26.5. The van der Waals surface area contributed by atoms with Gasteiger partial charge in [-0.1, -0.05) is 72.8 Å². The molecule has 2 aromatic heterocycles. The average molecular weight is 410 g/mol. The summed E-state index contributed by atoms with van der Waals surface area (Å²) in [5.74, 6) is 0.565. The molecule has 0 spiro atoms. The van der Waals surface area contributed by atoms with Crippen LogP contribution < -0.4 is 11.0 Å². The number of nitrogens with zero attached hydrogens (tertiary/aromatic N) is 2. The molecule has 5 aromatic rings. The van der Waals surface area contributed by atoms with Gasteiger partial charge in [-0.05, 0) is 24.6 Å². The first kappa shape index (κ1) is 18.5. The Bertz CT molecular complexity index is 1490. The molecule has 0 radical (unpaired) electrons. The highest BCUT2D eigenvalue weighted by Gasteiger charge is 2.21. The van der Waals surface area contributed by atoms with E-state index in [0.29, 0.717) is 16.0 Å². The van der Waals surface area contributed by atoms with Crippen LogP contribution in [0.15, 0.2) is 94.5 Å². The van der Waals surface area contributed by atoms with Crippen molar-refractivity contribution in [3.63, 3.8) is 0 Å². The number of aromatic nitrogens is 2. The molecule has 146 valence electrons. The van der Waals surface area contributed by atoms with E-state index in [1.165, 1.54) is 11.3 Å². The molecule has 5 rings (SSSR count). The SMILES string of the molecule is C[C@H](c1ccccc1)n1c(-c2ccccc2)nc2sc3ccccc3c(=O)c2c1=O. The van der Waals surface area contributed by atoms with Gasteiger partial charge in [0, 0.05) is 15.6 Å². The van der Waals surface area contributed by atoms with E-state index in [2.05, 4.69) is 0 Å². The van der Waals surface area contributed by atoms with Crippen LogP contribution in [0.1, 0.15) is 18.5 Å². The molecule has 2 heterocycles. The number of fused-ring (bicyclic) bond motifs is 2. The maximum absolute atomic E-state index is 13.7. The van der Waals surface area contributed by atoms with Crippen LogP contribution >= 0.6 is 11.3 Å². The molecular weight excluding hydrogens is 392 g/mol. The maximum Gasteiger partial charge on any atom is 0.267 e. The van der Waals surface area contributed by atoms with Crippen molar-refractivity contribution in [3.8, 4) is 11.4 Å². The summed E-state index contributed by atoms with van der Waals surface area (Å²) >= 11 is 1.38. The van der Waals surface area contributed by atoms with Crippen LogP contribution in [0.5, 0.6) is 0 Å². The predicted molar refractivity (Wildman–Crippen MR) is 123 cm³/mol. The fourth-order valence-electron chi connectivity index (χ4n) is 3.80. The molecule has 0 saturated carbocycles. The van der Waals surface area contributed by atoms with Crippen molar-refractivity contribution in [3.05, 3.63) is 111 Å². The van der Waals surface area contributed by atoms with Gasteiger partial charge < -0.3 is 0 Å². The van der Waals surface area contributed by atoms with Crippen molar-refractivity contribution in [2.75, 3.05) is 0 Å². The van der Waals surface area contributed by atoms with E-state index in [1.807, 2.05) is 85.8 Å². The molecule has 0 unspecified atom stereocenters. The lowest BCUT2D eigenvalue weighted by Gasteiger charge is -2.20. The Morgan fingerprint density at radius 2 is 1.47 bits per heavy atom. The van der Waals surface area contributed by atoms with Gasteiger partial charge in [0.25, 0.3) is 5.56 Å². The van der Waals surface area contributed by atoms with Gasteiger partial charge in [-0.2, -0.15) is 0 Å². The summed E-state index contributed by atoms with van der Waals surface area (Å²) in [7, 11) is 0. The van der Waals surface area contributed by atoms with Crippen LogP contribution in [0, 0.1) is 0 Å². The molecule has 0 saturated heterocycles. The minimum Gasteiger partial charge on any atom is -0.288 e. The molecule has 3 aromatic carbocycles. The standard InChI is InChI=1S/C25H18N2O2S/c1-16(17-10-4-2-5-11-17)27-23(18-12-6-3-7-13-18)26-24-21(25(27)29)22(28)19-14-8-9-15-20(19)30-24/h2-16H,1H3/t16-/m1/s1. The Morgan fingerprint density at radius 3 is 2.20 bits per heavy atom. The Kier molecular flexibility index (Phi) is 4.52. The smallest absolute Gasteiger partial charge is 0.267 e. The van der Waals surface area contributed by atoms with Crippen LogP contribution in [0.25, 0.3) is 31.7 Å². The zero-order chi connectivity index (χ0) is 20.7. The minimum absolute atomic E-state index is 0.154. The van der Waals surface area contributed by atoms with E-state index >= 15 is 0 Å². The van der Waals surface area contributed by atoms with Crippen LogP contribution in [0.3, 0.4) is 0 Å². The summed E-state index contributed by atoms with van der Waals surface area (Å²) in [5.41, 5.74) is 1.26. The Labute approximate surface area is 176 Å². The van der Waals surface area contributed by atoms with E-state index in [4.69, 9.17) is 4.98 Å². The monoisotopic (exact) mass is 410 g/mol. The molecule has 1 atom stereocenters. The fraction of sp³-hybridized carbons (Fsp3) is 0.0800. The topological polar surface area (TPSA) is 52.0 Å². The van der Waals surface area contributed by atoms with Gasteiger partial charge in [-0.25, -0.2) is 4.98 Å². The lowest BCUT2D eigenvalue weighted by molar-refractivity contribution is 0.617. The van der Waals surface area contributed by atoms with Crippen LogP contribution in [0.4, 0.5) is 0 Å². The van der Waals surface area contributed by atoms with Crippen molar-refractivity contribution >= 4 is 31.6 Å². The number of benzene rings is 3. The summed E-state index contributed by atoms with van der Waals surface area (Å²) in [6.45, 7) is 1.96. The molecule has 30 heavy (non-hydrogen) atoms. The predicted octanol–water partition coefficient (Wildman–Crippen LogP) is 5.25. The third-order valence-electron chi connectivity index (χ3n) is 5.35. The zero-order valence-electron chi connectivity index (χ0n) is 16.3. The van der Waals surface area contributed by atoms with E-state index in [-0.39, 0.29) is 22.4 Å². The summed E-state index contributed by atoms with van der Waals surface area (Å²) in [4.78, 5) is 32.3. The zero-order valence-corrected chi connectivity index (χ0v) is 17.1. The highest BCUT2D eigenvalue weighted by Crippen LogP contribution is 2.28. The van der Waals surface area contributed by atoms with Crippen LogP contribution in [-0.2, 0) is 0 Å². The van der Waals surface area contributed by atoms with Crippen molar-refractivity contribution in [1.82, 2.24) is 9.55 Å². The lowest BCUT2D eigenvalue weighted by Crippen LogP contribution is -2.30. The second-order valence-corrected chi connectivity index (χ2v) is 8.20. The largest absolute Gasteiger partial charge is 0.288 e. The van der Waals surface area contributed by atoms with Gasteiger partial charge in [-0.3, -0.25) is 14.2 Å². The quantitative estimate of drug-likeness (QED) is 0.382. The molecule has 0 fully saturated rings. The Hall–Kier alpha value is -3.57.